The van der Waals surface area contributed by atoms with Crippen molar-refractivity contribution in [2.75, 3.05) is 26.6 Å². The molecule has 0 bridgehead atoms. The van der Waals surface area contributed by atoms with Crippen molar-refractivity contribution >= 4 is 12.6 Å². The van der Waals surface area contributed by atoms with E-state index in [9.17, 15) is 0 Å². The van der Waals surface area contributed by atoms with Crippen molar-refractivity contribution in [2.24, 2.45) is 0 Å². The molecule has 1 rings (SSSR count). The first-order valence-electron chi connectivity index (χ1n) is 6.46. The Labute approximate surface area is 117 Å². The second-order valence-electron chi connectivity index (χ2n) is 5.15. The molecule has 0 heterocycles. The lowest BCUT2D eigenvalue weighted by molar-refractivity contribution is 0.396. The molecule has 0 saturated heterocycles. The van der Waals surface area contributed by atoms with E-state index in [2.05, 4.69) is 57.5 Å². The highest BCUT2D eigenvalue weighted by atomic mass is 32.1. The van der Waals surface area contributed by atoms with E-state index in [1.165, 1.54) is 16.7 Å². The van der Waals surface area contributed by atoms with Crippen molar-refractivity contribution in [1.82, 2.24) is 4.90 Å². The fourth-order valence-electron chi connectivity index (χ4n) is 2.02. The number of methoxy groups -OCH3 is 1. The van der Waals surface area contributed by atoms with Crippen molar-refractivity contribution in [3.05, 3.63) is 28.8 Å². The van der Waals surface area contributed by atoms with Gasteiger partial charge in [0, 0.05) is 12.4 Å². The molecule has 0 fully saturated rings. The van der Waals surface area contributed by atoms with Crippen molar-refractivity contribution in [1.29, 1.82) is 0 Å². The molecule has 3 heteroatoms. The largest absolute Gasteiger partial charge is 0.496 e. The summed E-state index contributed by atoms with van der Waals surface area (Å²) >= 11 is 4.28. The Morgan fingerprint density at radius 3 is 2.50 bits per heavy atom. The van der Waals surface area contributed by atoms with Crippen LogP contribution in [0.25, 0.3) is 0 Å². The Balaban J connectivity index is 2.95. The molecule has 0 N–H and O–H groups in total. The Hall–Kier alpha value is -0.670. The maximum atomic E-state index is 5.47. The van der Waals surface area contributed by atoms with Gasteiger partial charge < -0.3 is 4.74 Å². The van der Waals surface area contributed by atoms with Gasteiger partial charge in [-0.2, -0.15) is 12.6 Å². The fraction of sp³-hybridized carbons (Fsp3) is 0.600. The molecule has 18 heavy (non-hydrogen) atoms. The van der Waals surface area contributed by atoms with Crippen LogP contribution in [0.1, 0.15) is 36.5 Å². The second-order valence-corrected chi connectivity index (χ2v) is 5.43. The van der Waals surface area contributed by atoms with E-state index in [1.54, 1.807) is 7.11 Å². The van der Waals surface area contributed by atoms with E-state index in [-0.39, 0.29) is 0 Å². The highest BCUT2D eigenvalue weighted by Gasteiger charge is 2.11. The van der Waals surface area contributed by atoms with Crippen LogP contribution in [-0.4, -0.2) is 31.5 Å². The lowest BCUT2D eigenvalue weighted by Crippen LogP contribution is -2.19. The van der Waals surface area contributed by atoms with Crippen LogP contribution < -0.4 is 4.74 Å². The van der Waals surface area contributed by atoms with Gasteiger partial charge in [0.15, 0.2) is 0 Å². The third kappa shape index (κ3) is 3.92. The molecule has 0 unspecified atom stereocenters. The van der Waals surface area contributed by atoms with Crippen LogP contribution in [0, 0.1) is 6.92 Å². The van der Waals surface area contributed by atoms with Gasteiger partial charge in [-0.1, -0.05) is 19.9 Å². The molecule has 1 aromatic carbocycles. The number of rotatable bonds is 6. The minimum atomic E-state index is 0.488. The van der Waals surface area contributed by atoms with Crippen LogP contribution in [0.5, 0.6) is 5.75 Å². The minimum absolute atomic E-state index is 0.488. The van der Waals surface area contributed by atoms with Crippen molar-refractivity contribution in [2.45, 2.75) is 33.1 Å². The van der Waals surface area contributed by atoms with Crippen LogP contribution >= 0.6 is 12.6 Å². The molecule has 0 atom stereocenters. The molecule has 0 aromatic heterocycles. The predicted molar refractivity (Wildman–Crippen MR) is 82.0 cm³/mol. The standard InChI is InChI=1S/C15H25NOS/c1-11(2)14-9-13(6-7-16(4)10-18)12(3)8-15(14)17-5/h8-9,11,18H,6-7,10H2,1-5H3. The number of nitrogens with zero attached hydrogens (tertiary/aromatic N) is 1. The van der Waals surface area contributed by atoms with Gasteiger partial charge in [-0.25, -0.2) is 0 Å². The van der Waals surface area contributed by atoms with E-state index in [0.717, 1.165) is 24.6 Å². The molecule has 0 spiro atoms. The van der Waals surface area contributed by atoms with E-state index in [1.807, 2.05) is 0 Å². The monoisotopic (exact) mass is 267 g/mol. The van der Waals surface area contributed by atoms with Crippen LogP contribution in [0.2, 0.25) is 0 Å². The first-order valence-corrected chi connectivity index (χ1v) is 7.09. The van der Waals surface area contributed by atoms with Gasteiger partial charge in [0.1, 0.15) is 5.75 Å². The molecule has 0 aliphatic carbocycles. The minimum Gasteiger partial charge on any atom is -0.496 e. The lowest BCUT2D eigenvalue weighted by Gasteiger charge is -2.18. The zero-order valence-corrected chi connectivity index (χ0v) is 13.1. The number of likely N-dealkylation sites (N-methyl/N-ethyl adjacent to an activating group) is 1. The summed E-state index contributed by atoms with van der Waals surface area (Å²) in [6.45, 7) is 7.60. The maximum absolute atomic E-state index is 5.47. The van der Waals surface area contributed by atoms with Crippen molar-refractivity contribution < 1.29 is 4.74 Å². The van der Waals surface area contributed by atoms with Gasteiger partial charge in [-0.3, -0.25) is 4.90 Å². The van der Waals surface area contributed by atoms with E-state index >= 15 is 0 Å². The maximum Gasteiger partial charge on any atom is 0.122 e. The molecule has 2 nitrogen and oxygen atoms in total. The first kappa shape index (κ1) is 15.4. The lowest BCUT2D eigenvalue weighted by atomic mass is 9.95. The van der Waals surface area contributed by atoms with Gasteiger partial charge in [0.2, 0.25) is 0 Å². The number of ether oxygens (including phenoxy) is 1. The summed E-state index contributed by atoms with van der Waals surface area (Å²) in [5.74, 6) is 2.29. The first-order chi connectivity index (χ1) is 8.49. The summed E-state index contributed by atoms with van der Waals surface area (Å²) in [7, 11) is 3.84. The number of hydrogen-bond acceptors (Lipinski definition) is 3. The number of benzene rings is 1. The van der Waals surface area contributed by atoms with Crippen LogP contribution in [0.15, 0.2) is 12.1 Å². The Bertz CT molecular complexity index is 390. The predicted octanol–water partition coefficient (Wildman–Crippen LogP) is 3.49. The molecular formula is C15H25NOS. The second kappa shape index (κ2) is 7.05. The molecule has 1 aromatic rings. The third-order valence-corrected chi connectivity index (χ3v) is 3.80. The summed E-state index contributed by atoms with van der Waals surface area (Å²) in [6, 6.07) is 4.45. The van der Waals surface area contributed by atoms with Gasteiger partial charge in [-0.15, -0.1) is 0 Å². The quantitative estimate of drug-likeness (QED) is 0.626. The summed E-state index contributed by atoms with van der Waals surface area (Å²) in [4.78, 5) is 2.21. The van der Waals surface area contributed by atoms with E-state index in [0.29, 0.717) is 5.92 Å². The summed E-state index contributed by atoms with van der Waals surface area (Å²) < 4.78 is 5.47. The SMILES string of the molecule is COc1cc(C)c(CCN(C)CS)cc1C(C)C. The van der Waals surface area contributed by atoms with Crippen LogP contribution in [-0.2, 0) is 6.42 Å². The molecule has 0 radical (unpaired) electrons. The fourth-order valence-corrected chi connectivity index (χ4v) is 2.17. The zero-order valence-electron chi connectivity index (χ0n) is 12.2. The summed E-state index contributed by atoms with van der Waals surface area (Å²) in [6.07, 6.45) is 1.06. The van der Waals surface area contributed by atoms with Crippen LogP contribution in [0.3, 0.4) is 0 Å². The highest BCUT2D eigenvalue weighted by Crippen LogP contribution is 2.29. The van der Waals surface area contributed by atoms with Crippen LogP contribution in [0.4, 0.5) is 0 Å². The highest BCUT2D eigenvalue weighted by molar-refractivity contribution is 7.80. The number of thiol groups is 1. The molecule has 0 amide bonds. The van der Waals surface area contributed by atoms with E-state index in [4.69, 9.17) is 4.74 Å². The van der Waals surface area contributed by atoms with Crippen molar-refractivity contribution in [3.8, 4) is 5.75 Å². The topological polar surface area (TPSA) is 12.5 Å². The van der Waals surface area contributed by atoms with Gasteiger partial charge in [0.25, 0.3) is 0 Å². The summed E-state index contributed by atoms with van der Waals surface area (Å²) in [5.41, 5.74) is 4.02. The molecule has 0 aliphatic heterocycles. The van der Waals surface area contributed by atoms with Crippen molar-refractivity contribution in [3.63, 3.8) is 0 Å². The Kier molecular flexibility index (Phi) is 6.03. The number of aryl methyl sites for hydroxylation is 1. The average Bonchev–Trinajstić information content (AvgIpc) is 2.35. The molecule has 102 valence electrons. The normalized spacial score (nSPS) is 11.3. The Morgan fingerprint density at radius 1 is 1.33 bits per heavy atom. The summed E-state index contributed by atoms with van der Waals surface area (Å²) in [5, 5.41) is 0. The molecular weight excluding hydrogens is 242 g/mol. The molecule has 0 saturated carbocycles. The third-order valence-electron chi connectivity index (χ3n) is 3.31. The average molecular weight is 267 g/mol. The van der Waals surface area contributed by atoms with E-state index < -0.39 is 0 Å². The molecule has 0 aliphatic rings. The van der Waals surface area contributed by atoms with Gasteiger partial charge in [0.05, 0.1) is 7.11 Å². The zero-order chi connectivity index (χ0) is 13.7. The smallest absolute Gasteiger partial charge is 0.122 e. The number of hydrogen-bond donors (Lipinski definition) is 1. The Morgan fingerprint density at radius 2 is 2.00 bits per heavy atom. The van der Waals surface area contributed by atoms with Gasteiger partial charge in [-0.05, 0) is 49.1 Å². The van der Waals surface area contributed by atoms with Gasteiger partial charge >= 0.3 is 0 Å².